The van der Waals surface area contributed by atoms with Crippen LogP contribution >= 0.6 is 0 Å². The largest absolute Gasteiger partial charge is 0.508 e. The van der Waals surface area contributed by atoms with Crippen molar-refractivity contribution < 1.29 is 14.6 Å². The fraction of sp³-hybridized carbons (Fsp3) is 0.143. The molecule has 1 heterocycles. The molecule has 0 aliphatic rings. The van der Waals surface area contributed by atoms with Gasteiger partial charge in [-0.25, -0.2) is 4.98 Å². The molecule has 98 valence electrons. The molecule has 1 amide bonds. The molecule has 0 spiro atoms. The van der Waals surface area contributed by atoms with Crippen molar-refractivity contribution in [1.29, 1.82) is 0 Å². The van der Waals surface area contributed by atoms with Crippen molar-refractivity contribution in [2.75, 3.05) is 12.4 Å². The number of aryl methyl sites for hydroxylation is 1. The molecule has 0 aliphatic heterocycles. The third kappa shape index (κ3) is 3.01. The second-order valence-corrected chi connectivity index (χ2v) is 4.04. The minimum absolute atomic E-state index is 0.168. The standard InChI is InChI=1S/C14H14N2O3/c1-9-7-11(17)3-4-12(9)16-14(18)10-5-6-15-13(8-10)19-2/h3-8,17H,1-2H3,(H,16,18). The van der Waals surface area contributed by atoms with Crippen molar-refractivity contribution in [2.24, 2.45) is 0 Å². The number of phenols is 1. The molecule has 2 aromatic rings. The Hall–Kier alpha value is -2.56. The fourth-order valence-corrected chi connectivity index (χ4v) is 1.64. The molecule has 0 unspecified atom stereocenters. The number of aromatic hydroxyl groups is 1. The van der Waals surface area contributed by atoms with Gasteiger partial charge in [-0.1, -0.05) is 0 Å². The summed E-state index contributed by atoms with van der Waals surface area (Å²) >= 11 is 0. The highest BCUT2D eigenvalue weighted by atomic mass is 16.5. The Labute approximate surface area is 110 Å². The van der Waals surface area contributed by atoms with E-state index in [-0.39, 0.29) is 11.7 Å². The molecule has 0 bridgehead atoms. The first-order chi connectivity index (χ1) is 9.10. The van der Waals surface area contributed by atoms with Gasteiger partial charge in [-0.05, 0) is 36.8 Å². The Morgan fingerprint density at radius 2 is 2.11 bits per heavy atom. The number of rotatable bonds is 3. The normalized spacial score (nSPS) is 10.0. The van der Waals surface area contributed by atoms with Gasteiger partial charge in [0, 0.05) is 23.5 Å². The number of amides is 1. The number of ether oxygens (including phenoxy) is 1. The van der Waals surface area contributed by atoms with Gasteiger partial charge in [-0.3, -0.25) is 4.79 Å². The van der Waals surface area contributed by atoms with Crippen molar-refractivity contribution >= 4 is 11.6 Å². The molecule has 5 nitrogen and oxygen atoms in total. The summed E-state index contributed by atoms with van der Waals surface area (Å²) in [6, 6.07) is 7.93. The van der Waals surface area contributed by atoms with Crippen LogP contribution in [0.1, 0.15) is 15.9 Å². The molecule has 1 aromatic carbocycles. The van der Waals surface area contributed by atoms with Crippen LogP contribution in [0.4, 0.5) is 5.69 Å². The fourth-order valence-electron chi connectivity index (χ4n) is 1.64. The van der Waals surface area contributed by atoms with E-state index in [9.17, 15) is 9.90 Å². The molecule has 0 atom stereocenters. The van der Waals surface area contributed by atoms with Crippen LogP contribution in [0.2, 0.25) is 0 Å². The number of aromatic nitrogens is 1. The summed E-state index contributed by atoms with van der Waals surface area (Å²) in [5.74, 6) is 0.297. The van der Waals surface area contributed by atoms with Gasteiger partial charge in [0.15, 0.2) is 0 Å². The predicted molar refractivity (Wildman–Crippen MR) is 71.6 cm³/mol. The number of benzene rings is 1. The minimum atomic E-state index is -0.255. The maximum Gasteiger partial charge on any atom is 0.255 e. The topological polar surface area (TPSA) is 71.5 Å². The summed E-state index contributed by atoms with van der Waals surface area (Å²) < 4.78 is 4.97. The zero-order valence-electron chi connectivity index (χ0n) is 10.7. The summed E-state index contributed by atoms with van der Waals surface area (Å²) in [5.41, 5.74) is 1.90. The quantitative estimate of drug-likeness (QED) is 0.829. The predicted octanol–water partition coefficient (Wildman–Crippen LogP) is 2.36. The van der Waals surface area contributed by atoms with Crippen LogP contribution in [0, 0.1) is 6.92 Å². The zero-order valence-corrected chi connectivity index (χ0v) is 10.7. The lowest BCUT2D eigenvalue weighted by molar-refractivity contribution is 0.102. The number of hydrogen-bond acceptors (Lipinski definition) is 4. The van der Waals surface area contributed by atoms with Crippen molar-refractivity contribution in [3.8, 4) is 11.6 Å². The molecular weight excluding hydrogens is 244 g/mol. The van der Waals surface area contributed by atoms with Crippen LogP contribution in [0.15, 0.2) is 36.5 Å². The monoisotopic (exact) mass is 258 g/mol. The number of phenolic OH excluding ortho intramolecular Hbond substituents is 1. The van der Waals surface area contributed by atoms with Crippen molar-refractivity contribution in [3.63, 3.8) is 0 Å². The highest BCUT2D eigenvalue weighted by Gasteiger charge is 2.09. The number of methoxy groups -OCH3 is 1. The lowest BCUT2D eigenvalue weighted by atomic mass is 10.1. The first-order valence-corrected chi connectivity index (χ1v) is 5.71. The summed E-state index contributed by atoms with van der Waals surface area (Å²) in [6.45, 7) is 1.81. The lowest BCUT2D eigenvalue weighted by Crippen LogP contribution is -2.13. The average Bonchev–Trinajstić information content (AvgIpc) is 2.42. The SMILES string of the molecule is COc1cc(C(=O)Nc2ccc(O)cc2C)ccn1. The van der Waals surface area contributed by atoms with Crippen LogP contribution < -0.4 is 10.1 Å². The van der Waals surface area contributed by atoms with Crippen molar-refractivity contribution in [1.82, 2.24) is 4.98 Å². The van der Waals surface area contributed by atoms with Crippen LogP contribution in [-0.4, -0.2) is 23.1 Å². The van der Waals surface area contributed by atoms with Gasteiger partial charge in [0.25, 0.3) is 5.91 Å². The number of carbonyl (C=O) groups is 1. The molecule has 1 aromatic heterocycles. The Balaban J connectivity index is 2.20. The molecular formula is C14H14N2O3. The molecule has 0 saturated heterocycles. The van der Waals surface area contributed by atoms with Gasteiger partial charge < -0.3 is 15.2 Å². The molecule has 0 aliphatic carbocycles. The summed E-state index contributed by atoms with van der Waals surface area (Å²) in [6.07, 6.45) is 1.51. The Kier molecular flexibility index (Phi) is 3.66. The Bertz CT molecular complexity index is 611. The number of nitrogens with zero attached hydrogens (tertiary/aromatic N) is 1. The van der Waals surface area contributed by atoms with Crippen LogP contribution in [-0.2, 0) is 0 Å². The van der Waals surface area contributed by atoms with E-state index in [4.69, 9.17) is 4.74 Å². The molecule has 2 rings (SSSR count). The van der Waals surface area contributed by atoms with Gasteiger partial charge in [-0.15, -0.1) is 0 Å². The third-order valence-electron chi connectivity index (χ3n) is 2.66. The molecule has 19 heavy (non-hydrogen) atoms. The summed E-state index contributed by atoms with van der Waals surface area (Å²) in [4.78, 5) is 16.0. The maximum absolute atomic E-state index is 12.1. The number of carbonyl (C=O) groups excluding carboxylic acids is 1. The Morgan fingerprint density at radius 1 is 1.32 bits per heavy atom. The summed E-state index contributed by atoms with van der Waals surface area (Å²) in [5, 5.41) is 12.1. The van der Waals surface area contributed by atoms with E-state index >= 15 is 0 Å². The lowest BCUT2D eigenvalue weighted by Gasteiger charge is -2.09. The van der Waals surface area contributed by atoms with Crippen molar-refractivity contribution in [3.05, 3.63) is 47.7 Å². The minimum Gasteiger partial charge on any atom is -0.508 e. The maximum atomic E-state index is 12.1. The van der Waals surface area contributed by atoms with Crippen LogP contribution in [0.3, 0.4) is 0 Å². The molecule has 5 heteroatoms. The molecule has 0 saturated carbocycles. The number of anilines is 1. The third-order valence-corrected chi connectivity index (χ3v) is 2.66. The van der Waals surface area contributed by atoms with Gasteiger partial charge in [0.05, 0.1) is 7.11 Å². The average molecular weight is 258 g/mol. The molecule has 2 N–H and O–H groups in total. The van der Waals surface area contributed by atoms with E-state index in [0.717, 1.165) is 5.56 Å². The second-order valence-electron chi connectivity index (χ2n) is 4.04. The van der Waals surface area contributed by atoms with E-state index in [1.54, 1.807) is 24.3 Å². The van der Waals surface area contributed by atoms with E-state index in [2.05, 4.69) is 10.3 Å². The molecule has 0 radical (unpaired) electrons. The Morgan fingerprint density at radius 3 is 2.79 bits per heavy atom. The number of hydrogen-bond donors (Lipinski definition) is 2. The number of pyridine rings is 1. The highest BCUT2D eigenvalue weighted by molar-refractivity contribution is 6.04. The van der Waals surface area contributed by atoms with E-state index in [0.29, 0.717) is 17.1 Å². The molecule has 0 fully saturated rings. The first kappa shape index (κ1) is 12.9. The zero-order chi connectivity index (χ0) is 13.8. The second kappa shape index (κ2) is 5.39. The van der Waals surface area contributed by atoms with Gasteiger partial charge in [0.1, 0.15) is 5.75 Å². The van der Waals surface area contributed by atoms with E-state index in [1.807, 2.05) is 6.92 Å². The van der Waals surface area contributed by atoms with Crippen molar-refractivity contribution in [2.45, 2.75) is 6.92 Å². The van der Waals surface area contributed by atoms with Gasteiger partial charge in [0.2, 0.25) is 5.88 Å². The van der Waals surface area contributed by atoms with Crippen LogP contribution in [0.5, 0.6) is 11.6 Å². The smallest absolute Gasteiger partial charge is 0.255 e. The van der Waals surface area contributed by atoms with Crippen LogP contribution in [0.25, 0.3) is 0 Å². The van der Waals surface area contributed by atoms with E-state index < -0.39 is 0 Å². The first-order valence-electron chi connectivity index (χ1n) is 5.71. The number of nitrogens with one attached hydrogen (secondary N) is 1. The van der Waals surface area contributed by atoms with Gasteiger partial charge >= 0.3 is 0 Å². The highest BCUT2D eigenvalue weighted by Crippen LogP contribution is 2.21. The van der Waals surface area contributed by atoms with E-state index in [1.165, 1.54) is 19.4 Å². The van der Waals surface area contributed by atoms with Gasteiger partial charge in [-0.2, -0.15) is 0 Å². The summed E-state index contributed by atoms with van der Waals surface area (Å²) in [7, 11) is 1.49.